The van der Waals surface area contributed by atoms with Gasteiger partial charge in [0, 0.05) is 49.0 Å². The van der Waals surface area contributed by atoms with Crippen molar-refractivity contribution in [1.29, 1.82) is 0 Å². The van der Waals surface area contributed by atoms with Crippen LogP contribution in [0.25, 0.3) is 0 Å². The fraction of sp³-hybridized carbons (Fsp3) is 0.182. The quantitative estimate of drug-likeness (QED) is 0.0797. The molecule has 0 aliphatic carbocycles. The third-order valence-electron chi connectivity index (χ3n) is 4.52. The number of carboxylic acid groups (broad SMARTS) is 2. The summed E-state index contributed by atoms with van der Waals surface area (Å²) in [5, 5.41) is 21.7. The van der Waals surface area contributed by atoms with E-state index >= 15 is 0 Å². The van der Waals surface area contributed by atoms with Gasteiger partial charge in [-0.2, -0.15) is 4.39 Å². The second-order valence-electron chi connectivity index (χ2n) is 8.03. The first kappa shape index (κ1) is 38.4. The molecule has 248 valence electrons. The second-order valence-corrected chi connectivity index (χ2v) is 9.29. The van der Waals surface area contributed by atoms with Crippen molar-refractivity contribution in [1.82, 2.24) is 50.5 Å². The van der Waals surface area contributed by atoms with Crippen LogP contribution in [-0.4, -0.2) is 75.1 Å². The van der Waals surface area contributed by atoms with Gasteiger partial charge in [0.25, 0.3) is 22.2 Å². The summed E-state index contributed by atoms with van der Waals surface area (Å²) in [5.41, 5.74) is -3.34. The summed E-state index contributed by atoms with van der Waals surface area (Å²) in [5.74, 6) is -2.97. The molecule has 24 heteroatoms. The number of aromatic amines is 8. The maximum absolute atomic E-state index is 12.0. The number of carbonyl (C=O) groups is 2. The third-order valence-corrected chi connectivity index (χ3v) is 5.33. The van der Waals surface area contributed by atoms with Crippen molar-refractivity contribution in [2.45, 2.75) is 13.1 Å². The van der Waals surface area contributed by atoms with Crippen LogP contribution < -0.4 is 49.9 Å². The molecule has 0 spiro atoms. The molecule has 4 aromatic heterocycles. The lowest BCUT2D eigenvalue weighted by atomic mass is 10.3. The van der Waals surface area contributed by atoms with Crippen molar-refractivity contribution in [3.05, 3.63) is 124 Å². The Hall–Kier alpha value is -5.59. The van der Waals surface area contributed by atoms with E-state index in [9.17, 15) is 47.5 Å². The Kier molecular flexibility index (Phi) is 16.4. The van der Waals surface area contributed by atoms with Crippen LogP contribution >= 0.6 is 28.1 Å². The lowest BCUT2D eigenvalue weighted by Gasteiger charge is -1.99. The first-order valence-corrected chi connectivity index (χ1v) is 13.2. The van der Waals surface area contributed by atoms with Crippen LogP contribution in [0.5, 0.6) is 0 Å². The molecule has 0 saturated heterocycles. The second kappa shape index (κ2) is 19.6. The standard InChI is InChI=1S/C7H9N3O4.C7H9N3O3S.C4H3BrN2O2.C4H3FN2O2/c2*11-5(12)3-8-1-4-2-9-7(14)10-6(4)13;2*5-2-1-6-4(9)7-3(2)8/h2*2,8H,1,3H2,(H,11,12)(H2,9,10,13,14);2*1H,(H2,6,7,8,9). The highest BCUT2D eigenvalue weighted by atomic mass is 79.9. The summed E-state index contributed by atoms with van der Waals surface area (Å²) < 4.78 is 12.6. The topological polar surface area (TPSA) is 344 Å². The van der Waals surface area contributed by atoms with E-state index in [-0.39, 0.29) is 42.1 Å². The van der Waals surface area contributed by atoms with E-state index in [1.807, 2.05) is 15.0 Å². The van der Waals surface area contributed by atoms with Crippen molar-refractivity contribution in [2.24, 2.45) is 0 Å². The van der Waals surface area contributed by atoms with Crippen LogP contribution in [0.4, 0.5) is 4.39 Å². The molecule has 0 saturated carbocycles. The lowest BCUT2D eigenvalue weighted by molar-refractivity contribution is -0.137. The van der Waals surface area contributed by atoms with Crippen LogP contribution in [0.1, 0.15) is 11.1 Å². The summed E-state index contributed by atoms with van der Waals surface area (Å²) in [7, 11) is 0. The molecule has 0 atom stereocenters. The van der Waals surface area contributed by atoms with E-state index in [1.165, 1.54) is 18.6 Å². The Labute approximate surface area is 264 Å². The number of carboxylic acids is 2. The van der Waals surface area contributed by atoms with Crippen molar-refractivity contribution < 1.29 is 24.2 Å². The number of halogens is 2. The maximum Gasteiger partial charge on any atom is 0.325 e. The van der Waals surface area contributed by atoms with Crippen LogP contribution in [0.3, 0.4) is 0 Å². The van der Waals surface area contributed by atoms with E-state index in [1.54, 1.807) is 4.98 Å². The SMILES string of the molecule is O=C(O)CNCc1c[nH]c(=O)[nH]c1=O.O=C(O)CNCc1c[nH]c(=S)[nH]c1=O.O=c1[nH]cc(Br)c(=O)[nH]1.O=c1[nH]cc(F)c(=O)[nH]1. The summed E-state index contributed by atoms with van der Waals surface area (Å²) in [6.07, 6.45) is 4.70. The van der Waals surface area contributed by atoms with Crippen molar-refractivity contribution >= 4 is 40.1 Å². The monoisotopic (exact) mass is 734 g/mol. The van der Waals surface area contributed by atoms with Crippen LogP contribution in [0, 0.1) is 10.6 Å². The molecule has 0 aliphatic rings. The molecular formula is C22H24BrFN10O11S. The third kappa shape index (κ3) is 15.8. The molecule has 0 aliphatic heterocycles. The molecule has 4 aromatic rings. The van der Waals surface area contributed by atoms with Gasteiger partial charge in [0.15, 0.2) is 4.77 Å². The predicted molar refractivity (Wildman–Crippen MR) is 162 cm³/mol. The minimum Gasteiger partial charge on any atom is -0.480 e. The average molecular weight is 735 g/mol. The number of rotatable bonds is 8. The van der Waals surface area contributed by atoms with Gasteiger partial charge in [-0.05, 0) is 28.1 Å². The van der Waals surface area contributed by atoms with Crippen LogP contribution in [0.15, 0.2) is 62.8 Å². The summed E-state index contributed by atoms with van der Waals surface area (Å²) in [6, 6.07) is 0. The normalized spacial score (nSPS) is 9.78. The first-order chi connectivity index (χ1) is 21.6. The van der Waals surface area contributed by atoms with Gasteiger partial charge < -0.3 is 40.8 Å². The van der Waals surface area contributed by atoms with E-state index in [0.717, 1.165) is 0 Å². The molecule has 4 heterocycles. The number of hydrogen-bond donors (Lipinski definition) is 12. The van der Waals surface area contributed by atoms with Gasteiger partial charge in [-0.1, -0.05) is 0 Å². The zero-order chi connectivity index (χ0) is 34.8. The molecule has 0 radical (unpaired) electrons. The van der Waals surface area contributed by atoms with Crippen molar-refractivity contribution in [2.75, 3.05) is 13.1 Å². The zero-order valence-corrected chi connectivity index (χ0v) is 25.3. The van der Waals surface area contributed by atoms with Gasteiger partial charge in [-0.15, -0.1) is 0 Å². The Morgan fingerprint density at radius 3 is 1.46 bits per heavy atom. The molecule has 0 bridgehead atoms. The van der Waals surface area contributed by atoms with E-state index in [0.29, 0.717) is 16.2 Å². The minimum atomic E-state index is -1.01. The number of nitrogens with one attached hydrogen (secondary N) is 10. The predicted octanol–water partition coefficient (Wildman–Crippen LogP) is -3.13. The molecule has 0 aromatic carbocycles. The van der Waals surface area contributed by atoms with E-state index < -0.39 is 51.5 Å². The average Bonchev–Trinajstić information content (AvgIpc) is 2.96. The highest BCUT2D eigenvalue weighted by molar-refractivity contribution is 9.10. The van der Waals surface area contributed by atoms with Gasteiger partial charge in [0.2, 0.25) is 5.82 Å². The molecule has 0 unspecified atom stereocenters. The molecule has 0 amide bonds. The van der Waals surface area contributed by atoms with Gasteiger partial charge in [-0.25, -0.2) is 14.4 Å². The Morgan fingerprint density at radius 1 is 0.652 bits per heavy atom. The van der Waals surface area contributed by atoms with E-state index in [2.05, 4.69) is 58.7 Å². The van der Waals surface area contributed by atoms with Crippen LogP contribution in [-0.2, 0) is 22.7 Å². The zero-order valence-electron chi connectivity index (χ0n) is 22.9. The molecule has 46 heavy (non-hydrogen) atoms. The summed E-state index contributed by atoms with van der Waals surface area (Å²) >= 11 is 7.60. The Bertz CT molecular complexity index is 1950. The Balaban J connectivity index is 0.000000313. The number of hydrogen-bond acceptors (Lipinski definition) is 12. The molecule has 21 nitrogen and oxygen atoms in total. The minimum absolute atomic E-state index is 0.0956. The number of aliphatic carboxylic acids is 2. The number of aromatic nitrogens is 8. The number of H-pyrrole nitrogens is 8. The smallest absolute Gasteiger partial charge is 0.325 e. The van der Waals surface area contributed by atoms with Crippen molar-refractivity contribution in [3.63, 3.8) is 0 Å². The highest BCUT2D eigenvalue weighted by Gasteiger charge is 2.02. The molecule has 12 N–H and O–H groups in total. The van der Waals surface area contributed by atoms with Gasteiger partial charge >= 0.3 is 29.0 Å². The summed E-state index contributed by atoms with van der Waals surface area (Å²) in [4.78, 5) is 112. The molecule has 4 rings (SSSR count). The largest absolute Gasteiger partial charge is 0.480 e. The van der Waals surface area contributed by atoms with Gasteiger partial charge in [0.1, 0.15) is 0 Å². The first-order valence-electron chi connectivity index (χ1n) is 12.0. The fourth-order valence-corrected chi connectivity index (χ4v) is 2.90. The Morgan fingerprint density at radius 2 is 1.07 bits per heavy atom. The fourth-order valence-electron chi connectivity index (χ4n) is 2.53. The van der Waals surface area contributed by atoms with E-state index in [4.69, 9.17) is 10.2 Å². The van der Waals surface area contributed by atoms with Crippen LogP contribution in [0.2, 0.25) is 0 Å². The van der Waals surface area contributed by atoms with Gasteiger partial charge in [0.05, 0.1) is 17.6 Å². The van der Waals surface area contributed by atoms with Crippen molar-refractivity contribution in [3.8, 4) is 0 Å². The molecular weight excluding hydrogens is 711 g/mol. The lowest BCUT2D eigenvalue weighted by Crippen LogP contribution is -2.29. The summed E-state index contributed by atoms with van der Waals surface area (Å²) in [6.45, 7) is -0.139. The maximum atomic E-state index is 12.0. The molecule has 0 fully saturated rings. The van der Waals surface area contributed by atoms with Gasteiger partial charge in [-0.3, -0.25) is 48.7 Å². The highest BCUT2D eigenvalue weighted by Crippen LogP contribution is 1.93.